The highest BCUT2D eigenvalue weighted by Crippen LogP contribution is 2.16. The summed E-state index contributed by atoms with van der Waals surface area (Å²) >= 11 is 0. The number of piperazine rings is 1. The number of nitriles is 1. The summed E-state index contributed by atoms with van der Waals surface area (Å²) in [6.45, 7) is 8.74. The smallest absolute Gasteiger partial charge is 0.119 e. The van der Waals surface area contributed by atoms with Crippen LogP contribution in [0, 0.1) is 11.3 Å². The largest absolute Gasteiger partial charge is 0.494 e. The van der Waals surface area contributed by atoms with Gasteiger partial charge in [0.1, 0.15) is 5.75 Å². The summed E-state index contributed by atoms with van der Waals surface area (Å²) in [5.41, 5.74) is 3.25. The van der Waals surface area contributed by atoms with Gasteiger partial charge < -0.3 is 4.74 Å². The summed E-state index contributed by atoms with van der Waals surface area (Å²) in [4.78, 5) is 4.92. The second kappa shape index (κ2) is 8.66. The lowest BCUT2D eigenvalue weighted by Gasteiger charge is -2.34. The van der Waals surface area contributed by atoms with Crippen molar-refractivity contribution in [3.05, 3.63) is 65.2 Å². The van der Waals surface area contributed by atoms with Gasteiger partial charge in [-0.05, 0) is 36.2 Å². The molecule has 0 saturated carbocycles. The van der Waals surface area contributed by atoms with Gasteiger partial charge in [-0.2, -0.15) is 5.26 Å². The van der Waals surface area contributed by atoms with Gasteiger partial charge in [-0.3, -0.25) is 9.80 Å². The molecule has 0 aliphatic carbocycles. The summed E-state index contributed by atoms with van der Waals surface area (Å²) in [7, 11) is 0. The topological polar surface area (TPSA) is 39.5 Å². The number of nitrogens with zero attached hydrogens (tertiary/aromatic N) is 3. The van der Waals surface area contributed by atoms with E-state index in [4.69, 9.17) is 4.74 Å². The molecule has 130 valence electrons. The van der Waals surface area contributed by atoms with Crippen LogP contribution in [-0.4, -0.2) is 42.6 Å². The van der Waals surface area contributed by atoms with E-state index < -0.39 is 0 Å². The number of hydrogen-bond acceptors (Lipinski definition) is 4. The average Bonchev–Trinajstić information content (AvgIpc) is 2.66. The molecule has 0 radical (unpaired) electrons. The molecule has 4 nitrogen and oxygen atoms in total. The zero-order chi connectivity index (χ0) is 17.5. The van der Waals surface area contributed by atoms with E-state index >= 15 is 0 Å². The lowest BCUT2D eigenvalue weighted by atomic mass is 10.1. The van der Waals surface area contributed by atoms with E-state index in [2.05, 4.69) is 34.1 Å². The van der Waals surface area contributed by atoms with E-state index in [1.807, 2.05) is 37.3 Å². The molecule has 0 aromatic heterocycles. The van der Waals surface area contributed by atoms with Crippen LogP contribution in [0.15, 0.2) is 48.5 Å². The van der Waals surface area contributed by atoms with Crippen LogP contribution >= 0.6 is 0 Å². The molecule has 4 heteroatoms. The molecule has 2 aromatic rings. The second-order valence-electron chi connectivity index (χ2n) is 6.40. The van der Waals surface area contributed by atoms with Gasteiger partial charge in [0.2, 0.25) is 0 Å². The highest BCUT2D eigenvalue weighted by molar-refractivity contribution is 5.37. The van der Waals surface area contributed by atoms with Gasteiger partial charge in [-0.15, -0.1) is 0 Å². The van der Waals surface area contributed by atoms with E-state index in [0.717, 1.165) is 56.1 Å². The quantitative estimate of drug-likeness (QED) is 0.812. The molecular weight excluding hydrogens is 310 g/mol. The van der Waals surface area contributed by atoms with Crippen molar-refractivity contribution < 1.29 is 4.74 Å². The third-order valence-electron chi connectivity index (χ3n) is 4.64. The number of ether oxygens (including phenoxy) is 1. The van der Waals surface area contributed by atoms with Gasteiger partial charge in [0, 0.05) is 39.3 Å². The molecule has 0 atom stereocenters. The van der Waals surface area contributed by atoms with Crippen LogP contribution in [0.4, 0.5) is 0 Å². The summed E-state index contributed by atoms with van der Waals surface area (Å²) in [6.07, 6.45) is 0. The van der Waals surface area contributed by atoms with Crippen LogP contribution in [0.1, 0.15) is 23.6 Å². The fourth-order valence-electron chi connectivity index (χ4n) is 3.23. The Labute approximate surface area is 150 Å². The highest BCUT2D eigenvalue weighted by Gasteiger charge is 2.18. The Bertz CT molecular complexity index is 713. The molecule has 0 spiro atoms. The van der Waals surface area contributed by atoms with Crippen molar-refractivity contribution in [3.63, 3.8) is 0 Å². The maximum Gasteiger partial charge on any atom is 0.119 e. The molecule has 0 bridgehead atoms. The monoisotopic (exact) mass is 335 g/mol. The summed E-state index contributed by atoms with van der Waals surface area (Å²) in [6, 6.07) is 18.6. The molecule has 1 aliphatic heterocycles. The Balaban J connectivity index is 1.49. The van der Waals surface area contributed by atoms with Gasteiger partial charge in [0.05, 0.1) is 18.2 Å². The molecule has 0 unspecified atom stereocenters. The summed E-state index contributed by atoms with van der Waals surface area (Å²) in [5.74, 6) is 0.937. The summed E-state index contributed by atoms with van der Waals surface area (Å²) < 4.78 is 5.50. The Kier molecular flexibility index (Phi) is 6.05. The number of hydrogen-bond donors (Lipinski definition) is 0. The van der Waals surface area contributed by atoms with E-state index in [0.29, 0.717) is 6.61 Å². The Hall–Kier alpha value is -2.35. The summed E-state index contributed by atoms with van der Waals surface area (Å²) in [5, 5.41) is 9.22. The van der Waals surface area contributed by atoms with Crippen molar-refractivity contribution in [2.75, 3.05) is 32.8 Å². The lowest BCUT2D eigenvalue weighted by Crippen LogP contribution is -2.45. The van der Waals surface area contributed by atoms with Crippen LogP contribution in [0.25, 0.3) is 0 Å². The van der Waals surface area contributed by atoms with E-state index in [9.17, 15) is 5.26 Å². The first-order chi connectivity index (χ1) is 12.3. The Morgan fingerprint density at radius 1 is 0.920 bits per heavy atom. The second-order valence-corrected chi connectivity index (χ2v) is 6.40. The van der Waals surface area contributed by atoms with Gasteiger partial charge in [-0.25, -0.2) is 0 Å². The maximum absolute atomic E-state index is 9.22. The first-order valence-corrected chi connectivity index (χ1v) is 8.93. The third kappa shape index (κ3) is 4.82. The molecule has 1 aliphatic rings. The van der Waals surface area contributed by atoms with Crippen LogP contribution < -0.4 is 4.74 Å². The van der Waals surface area contributed by atoms with E-state index in [-0.39, 0.29) is 0 Å². The predicted molar refractivity (Wildman–Crippen MR) is 99.3 cm³/mol. The van der Waals surface area contributed by atoms with E-state index in [1.165, 1.54) is 5.56 Å². The molecule has 0 N–H and O–H groups in total. The standard InChI is InChI=1S/C21H25N3O/c1-2-25-21-9-7-18(8-10-21)16-23-11-13-24(14-12-23)17-20-6-4-3-5-19(20)15-22/h3-10H,2,11-14,16-17H2,1H3. The zero-order valence-electron chi connectivity index (χ0n) is 14.8. The molecule has 3 rings (SSSR count). The molecule has 1 saturated heterocycles. The van der Waals surface area contributed by atoms with Crippen molar-refractivity contribution >= 4 is 0 Å². The van der Waals surface area contributed by atoms with Crippen molar-refractivity contribution in [3.8, 4) is 11.8 Å². The van der Waals surface area contributed by atoms with Crippen molar-refractivity contribution in [1.29, 1.82) is 5.26 Å². The number of rotatable bonds is 6. The average molecular weight is 335 g/mol. The minimum Gasteiger partial charge on any atom is -0.494 e. The predicted octanol–water partition coefficient (Wildman–Crippen LogP) is 3.27. The zero-order valence-corrected chi connectivity index (χ0v) is 14.8. The minimum atomic E-state index is 0.705. The normalized spacial score (nSPS) is 15.7. The number of benzene rings is 2. The first kappa shape index (κ1) is 17.5. The lowest BCUT2D eigenvalue weighted by molar-refractivity contribution is 0.122. The van der Waals surface area contributed by atoms with Crippen molar-refractivity contribution in [2.45, 2.75) is 20.0 Å². The maximum atomic E-state index is 9.22. The molecule has 1 heterocycles. The van der Waals surface area contributed by atoms with Crippen molar-refractivity contribution in [2.24, 2.45) is 0 Å². The minimum absolute atomic E-state index is 0.705. The van der Waals surface area contributed by atoms with Gasteiger partial charge in [-0.1, -0.05) is 30.3 Å². The van der Waals surface area contributed by atoms with Crippen LogP contribution in [-0.2, 0) is 13.1 Å². The molecule has 25 heavy (non-hydrogen) atoms. The van der Waals surface area contributed by atoms with Gasteiger partial charge in [0.25, 0.3) is 0 Å². The van der Waals surface area contributed by atoms with Crippen molar-refractivity contribution in [1.82, 2.24) is 9.80 Å². The van der Waals surface area contributed by atoms with Gasteiger partial charge in [0.15, 0.2) is 0 Å². The van der Waals surface area contributed by atoms with Crippen LogP contribution in [0.2, 0.25) is 0 Å². The molecule has 0 amide bonds. The Morgan fingerprint density at radius 3 is 2.20 bits per heavy atom. The third-order valence-corrected chi connectivity index (χ3v) is 4.64. The fourth-order valence-corrected chi connectivity index (χ4v) is 3.23. The van der Waals surface area contributed by atoms with Crippen LogP contribution in [0.3, 0.4) is 0 Å². The molecular formula is C21H25N3O. The van der Waals surface area contributed by atoms with Crippen LogP contribution in [0.5, 0.6) is 5.75 Å². The van der Waals surface area contributed by atoms with E-state index in [1.54, 1.807) is 0 Å². The first-order valence-electron chi connectivity index (χ1n) is 8.93. The molecule has 2 aromatic carbocycles. The SMILES string of the molecule is CCOc1ccc(CN2CCN(Cc3ccccc3C#N)CC2)cc1. The Morgan fingerprint density at radius 2 is 1.56 bits per heavy atom. The molecule has 1 fully saturated rings. The highest BCUT2D eigenvalue weighted by atomic mass is 16.5. The fraction of sp³-hybridized carbons (Fsp3) is 0.381. The van der Waals surface area contributed by atoms with Gasteiger partial charge >= 0.3 is 0 Å².